The molecule has 4 aromatic rings. The van der Waals surface area contributed by atoms with E-state index in [1.54, 1.807) is 144 Å². The first-order valence-electron chi connectivity index (χ1n) is 30.9. The number of carboxylic acid groups (broad SMARTS) is 3. The molecule has 0 aliphatic carbocycles. The fourth-order valence-corrected chi connectivity index (χ4v) is 11.4. The third-order valence-electron chi connectivity index (χ3n) is 14.6. The number of carbonyl (C=O) groups is 12. The van der Waals surface area contributed by atoms with Crippen LogP contribution in [0.2, 0.25) is 0 Å². The molecule has 95 heavy (non-hydrogen) atoms. The third-order valence-corrected chi connectivity index (χ3v) is 17.1. The molecule has 5 rings (SSSR count). The zero-order valence-corrected chi connectivity index (χ0v) is 54.4. The Kier molecular flexibility index (Phi) is 34.8. The predicted octanol–water partition coefficient (Wildman–Crippen LogP) is -2.71. The van der Waals surface area contributed by atoms with Crippen molar-refractivity contribution in [2.24, 2.45) is 5.73 Å². The van der Waals surface area contributed by atoms with Crippen LogP contribution in [-0.4, -0.2) is 259 Å². The van der Waals surface area contributed by atoms with Crippen LogP contribution >= 0.6 is 21.6 Å². The van der Waals surface area contributed by atoms with E-state index in [0.717, 1.165) is 11.3 Å². The number of rotatable bonds is 38. The van der Waals surface area contributed by atoms with Gasteiger partial charge < -0.3 is 68.9 Å². The molecular weight excluding hydrogens is 1270 g/mol. The number of carboxylic acids is 3. The van der Waals surface area contributed by atoms with Crippen LogP contribution in [0.25, 0.3) is 0 Å². The zero-order valence-electron chi connectivity index (χ0n) is 52.8. The lowest BCUT2D eigenvalue weighted by molar-refractivity contribution is -0.142. The number of benzene rings is 4. The van der Waals surface area contributed by atoms with Crippen molar-refractivity contribution in [3.63, 3.8) is 0 Å². The zero-order chi connectivity index (χ0) is 68.7. The molecule has 0 spiro atoms. The monoisotopic (exact) mass is 1350 g/mol. The van der Waals surface area contributed by atoms with Gasteiger partial charge in [-0.2, -0.15) is 0 Å². The van der Waals surface area contributed by atoms with Gasteiger partial charge in [-0.05, 0) is 22.3 Å². The number of nitrogens with one attached hydrogen (secondary N) is 9. The molecule has 0 bridgehead atoms. The Morgan fingerprint density at radius 2 is 0.589 bits per heavy atom. The first-order valence-corrected chi connectivity index (χ1v) is 33.4. The topological polar surface area (TPSA) is 413 Å². The Hall–Kier alpha value is -8.98. The number of amides is 9. The lowest BCUT2D eigenvalue weighted by atomic mass is 10.1. The van der Waals surface area contributed by atoms with E-state index in [9.17, 15) is 72.9 Å². The summed E-state index contributed by atoms with van der Waals surface area (Å²) < 4.78 is 0. The van der Waals surface area contributed by atoms with Gasteiger partial charge in [0.15, 0.2) is 0 Å². The van der Waals surface area contributed by atoms with Crippen LogP contribution in [0.1, 0.15) is 22.3 Å². The van der Waals surface area contributed by atoms with E-state index in [-0.39, 0.29) is 104 Å². The molecule has 0 aromatic heterocycles. The molecule has 1 heterocycles. The van der Waals surface area contributed by atoms with Crippen LogP contribution in [0, 0.1) is 0 Å². The highest BCUT2D eigenvalue weighted by Crippen LogP contribution is 2.19. The summed E-state index contributed by atoms with van der Waals surface area (Å²) in [5.74, 6) is -8.43. The van der Waals surface area contributed by atoms with E-state index in [0.29, 0.717) is 35.5 Å². The minimum Gasteiger partial charge on any atom is -0.480 e. The fourth-order valence-electron chi connectivity index (χ4n) is 9.66. The van der Waals surface area contributed by atoms with Gasteiger partial charge in [-0.3, -0.25) is 62.8 Å². The van der Waals surface area contributed by atoms with Gasteiger partial charge in [-0.25, -0.2) is 14.4 Å². The lowest BCUT2D eigenvalue weighted by Gasteiger charge is -2.33. The molecule has 9 amide bonds. The maximum Gasteiger partial charge on any atom is 0.326 e. The Labute approximate surface area is 558 Å². The second-order valence-electron chi connectivity index (χ2n) is 22.2. The Bertz CT molecular complexity index is 3020. The minimum atomic E-state index is -1.30. The summed E-state index contributed by atoms with van der Waals surface area (Å²) in [5.41, 5.74) is 8.33. The first kappa shape index (κ1) is 76.7. The number of aliphatic carboxylic acids is 3. The van der Waals surface area contributed by atoms with Crippen molar-refractivity contribution in [3.8, 4) is 0 Å². The molecule has 514 valence electrons. The third kappa shape index (κ3) is 32.1. The van der Waals surface area contributed by atoms with Crippen molar-refractivity contribution in [2.45, 2.75) is 49.9 Å². The number of hydrogen-bond donors (Lipinski definition) is 13. The van der Waals surface area contributed by atoms with Crippen LogP contribution in [-0.2, 0) is 83.2 Å². The normalized spacial score (nSPS) is 14.7. The molecular formula is C64H86N14O15S2. The van der Waals surface area contributed by atoms with E-state index >= 15 is 0 Å². The second kappa shape index (κ2) is 43.1. The molecule has 4 atom stereocenters. The van der Waals surface area contributed by atoms with Crippen molar-refractivity contribution < 1.29 is 72.9 Å². The van der Waals surface area contributed by atoms with Crippen molar-refractivity contribution in [2.75, 3.05) is 129 Å². The fraction of sp³-hybridized carbons (Fsp3) is 0.438. The van der Waals surface area contributed by atoms with E-state index in [1.807, 2.05) is 18.2 Å². The SMILES string of the molecule is NCCSSCCNC(=O)[C@H](Cc1ccccc1)NC(=O)CNC(=O)CN1CCN(CC(=O)NCC(=O)N[C@@H](Cc2ccccc2)C(=O)O)CCN(CC(=O)NCC(=O)N[C@@H](Cc2ccccc2)C(=O)O)CCN(CC(=O)NCC(=O)N[C@@H](Cc2ccccc2)C(=O)O)CC1. The van der Waals surface area contributed by atoms with Gasteiger partial charge >= 0.3 is 17.9 Å². The Morgan fingerprint density at radius 3 is 0.842 bits per heavy atom. The van der Waals surface area contributed by atoms with Gasteiger partial charge in [-0.15, -0.1) is 0 Å². The smallest absolute Gasteiger partial charge is 0.326 e. The molecule has 31 heteroatoms. The van der Waals surface area contributed by atoms with Crippen molar-refractivity contribution in [1.82, 2.24) is 67.5 Å². The lowest BCUT2D eigenvalue weighted by Crippen LogP contribution is -2.53. The molecule has 4 aromatic carbocycles. The quantitative estimate of drug-likeness (QED) is 0.0160. The maximum atomic E-state index is 13.9. The summed E-state index contributed by atoms with van der Waals surface area (Å²) in [7, 11) is 3.13. The van der Waals surface area contributed by atoms with Crippen LogP contribution in [0.15, 0.2) is 121 Å². The molecule has 1 aliphatic heterocycles. The summed E-state index contributed by atoms with van der Waals surface area (Å²) >= 11 is 0. The molecule has 1 aliphatic rings. The Morgan fingerprint density at radius 1 is 0.347 bits per heavy atom. The standard InChI is InChI=1S/C64H86N14O15S2/c65-21-31-94-95-32-22-66-61(87)49(33-45-13-5-1-6-14-45)71-53(79)37-67-57(83)41-75-23-25-76(42-58(84)68-38-54(80)72-50(62(88)89)34-46-15-7-2-8-16-46)27-29-78(44-60(86)70-40-56(82)74-52(64(92)93)36-48-19-11-4-12-20-48)30-28-77(26-24-75)43-59(85)69-39-55(81)73-51(63(90)91)35-47-17-9-3-10-18-47/h1-20,49-52H,21-44,65H2,(H,66,87)(H,67,83)(H,68,84)(H,69,85)(H,70,86)(H,71,79)(H,72,80)(H,73,81)(H,74,82)(H,88,89)(H,90,91)(H,92,93)/t49-,50-,51-,52-/m0/s1. The number of nitrogens with zero attached hydrogens (tertiary/aromatic N) is 4. The summed E-state index contributed by atoms with van der Waals surface area (Å²) in [5, 5.41) is 52.8. The van der Waals surface area contributed by atoms with Crippen LogP contribution in [0.4, 0.5) is 0 Å². The van der Waals surface area contributed by atoms with Gasteiger partial charge in [0.1, 0.15) is 24.2 Å². The van der Waals surface area contributed by atoms with Crippen LogP contribution < -0.4 is 53.6 Å². The van der Waals surface area contributed by atoms with Crippen molar-refractivity contribution in [3.05, 3.63) is 144 Å². The van der Waals surface area contributed by atoms with Crippen LogP contribution in [0.3, 0.4) is 0 Å². The van der Waals surface area contributed by atoms with Gasteiger partial charge in [0.25, 0.3) is 0 Å². The summed E-state index contributed by atoms with van der Waals surface area (Å²) in [6.45, 7) is -2.23. The molecule has 29 nitrogen and oxygen atoms in total. The summed E-state index contributed by atoms with van der Waals surface area (Å²) in [4.78, 5) is 164. The number of nitrogens with two attached hydrogens (primary N) is 1. The molecule has 0 saturated carbocycles. The Balaban J connectivity index is 1.32. The van der Waals surface area contributed by atoms with Gasteiger partial charge in [0.05, 0.1) is 52.4 Å². The predicted molar refractivity (Wildman–Crippen MR) is 356 cm³/mol. The molecule has 0 unspecified atom stereocenters. The largest absolute Gasteiger partial charge is 0.480 e. The van der Waals surface area contributed by atoms with E-state index in [4.69, 9.17) is 5.73 Å². The highest BCUT2D eigenvalue weighted by molar-refractivity contribution is 8.76. The average molecular weight is 1360 g/mol. The highest BCUT2D eigenvalue weighted by Gasteiger charge is 2.28. The van der Waals surface area contributed by atoms with Gasteiger partial charge in [-0.1, -0.05) is 143 Å². The summed E-state index contributed by atoms with van der Waals surface area (Å²) in [6, 6.07) is 30.1. The van der Waals surface area contributed by atoms with Crippen molar-refractivity contribution in [1.29, 1.82) is 0 Å². The molecule has 1 fully saturated rings. The summed E-state index contributed by atoms with van der Waals surface area (Å²) in [6.07, 6.45) is 0.0971. The second-order valence-corrected chi connectivity index (χ2v) is 24.9. The van der Waals surface area contributed by atoms with Gasteiger partial charge in [0.2, 0.25) is 53.2 Å². The maximum absolute atomic E-state index is 13.9. The number of hydrogen-bond acceptors (Lipinski definition) is 19. The van der Waals surface area contributed by atoms with E-state index in [2.05, 4.69) is 47.9 Å². The molecule has 1 saturated heterocycles. The highest BCUT2D eigenvalue weighted by atomic mass is 33.1. The van der Waals surface area contributed by atoms with Gasteiger partial charge in [0, 0.05) is 103 Å². The first-order chi connectivity index (χ1) is 45.7. The minimum absolute atomic E-state index is 0.0211. The van der Waals surface area contributed by atoms with E-state index in [1.165, 1.54) is 0 Å². The average Bonchev–Trinajstić information content (AvgIpc) is 1.71. The van der Waals surface area contributed by atoms with Crippen molar-refractivity contribution >= 4 is 92.7 Å². The van der Waals surface area contributed by atoms with E-state index < -0.39 is 121 Å². The number of carbonyl (C=O) groups excluding carboxylic acids is 9. The molecule has 0 radical (unpaired) electrons. The molecule has 14 N–H and O–H groups in total. The van der Waals surface area contributed by atoms with Crippen LogP contribution in [0.5, 0.6) is 0 Å².